The van der Waals surface area contributed by atoms with Crippen molar-refractivity contribution in [1.82, 2.24) is 0 Å². The SMILES string of the molecule is CCCCc1ccc(CSCC)cc1. The van der Waals surface area contributed by atoms with Gasteiger partial charge in [-0.3, -0.25) is 0 Å². The van der Waals surface area contributed by atoms with Crippen molar-refractivity contribution in [3.63, 3.8) is 0 Å². The van der Waals surface area contributed by atoms with E-state index in [0.29, 0.717) is 0 Å². The lowest BCUT2D eigenvalue weighted by Crippen LogP contribution is -1.86. The molecule has 0 N–H and O–H groups in total. The van der Waals surface area contributed by atoms with E-state index < -0.39 is 0 Å². The van der Waals surface area contributed by atoms with Gasteiger partial charge in [-0.25, -0.2) is 0 Å². The largest absolute Gasteiger partial charge is 0.157 e. The quantitative estimate of drug-likeness (QED) is 0.672. The minimum atomic E-state index is 1.16. The van der Waals surface area contributed by atoms with Crippen molar-refractivity contribution >= 4 is 11.8 Å². The highest BCUT2D eigenvalue weighted by molar-refractivity contribution is 7.98. The lowest BCUT2D eigenvalue weighted by molar-refractivity contribution is 0.795. The first-order valence-corrected chi connectivity index (χ1v) is 6.67. The Morgan fingerprint density at radius 1 is 1.00 bits per heavy atom. The Balaban J connectivity index is 2.42. The summed E-state index contributed by atoms with van der Waals surface area (Å²) >= 11 is 1.98. The Morgan fingerprint density at radius 3 is 2.21 bits per heavy atom. The third kappa shape index (κ3) is 4.19. The Kier molecular flexibility index (Phi) is 5.77. The van der Waals surface area contributed by atoms with Gasteiger partial charge < -0.3 is 0 Å². The van der Waals surface area contributed by atoms with Crippen LogP contribution in [0.25, 0.3) is 0 Å². The second kappa shape index (κ2) is 6.94. The average molecular weight is 208 g/mol. The zero-order valence-corrected chi connectivity index (χ0v) is 10.1. The van der Waals surface area contributed by atoms with E-state index in [2.05, 4.69) is 38.1 Å². The van der Waals surface area contributed by atoms with E-state index in [9.17, 15) is 0 Å². The Labute approximate surface area is 92.1 Å². The van der Waals surface area contributed by atoms with E-state index in [-0.39, 0.29) is 0 Å². The summed E-state index contributed by atoms with van der Waals surface area (Å²) in [6.45, 7) is 4.45. The molecule has 0 saturated heterocycles. The molecule has 1 aromatic carbocycles. The standard InChI is InChI=1S/C13H20S/c1-3-5-6-12-7-9-13(10-8-12)11-14-4-2/h7-10H,3-6,11H2,1-2H3. The Morgan fingerprint density at radius 2 is 1.64 bits per heavy atom. The van der Waals surface area contributed by atoms with E-state index in [1.807, 2.05) is 11.8 Å². The molecule has 0 spiro atoms. The van der Waals surface area contributed by atoms with Crippen molar-refractivity contribution in [2.75, 3.05) is 5.75 Å². The molecule has 0 aromatic heterocycles. The molecular formula is C13H20S. The van der Waals surface area contributed by atoms with Gasteiger partial charge >= 0.3 is 0 Å². The number of hydrogen-bond acceptors (Lipinski definition) is 1. The van der Waals surface area contributed by atoms with E-state index >= 15 is 0 Å². The molecule has 0 radical (unpaired) electrons. The molecule has 0 heterocycles. The minimum absolute atomic E-state index is 1.16. The third-order valence-corrected chi connectivity index (χ3v) is 3.26. The molecule has 0 fully saturated rings. The van der Waals surface area contributed by atoms with Crippen LogP contribution >= 0.6 is 11.8 Å². The molecule has 0 unspecified atom stereocenters. The summed E-state index contributed by atoms with van der Waals surface area (Å²) in [6.07, 6.45) is 3.83. The first-order chi connectivity index (χ1) is 6.86. The van der Waals surface area contributed by atoms with E-state index in [0.717, 1.165) is 5.75 Å². The van der Waals surface area contributed by atoms with E-state index in [4.69, 9.17) is 0 Å². The monoisotopic (exact) mass is 208 g/mol. The predicted octanol–water partition coefficient (Wildman–Crippen LogP) is 4.28. The first-order valence-electron chi connectivity index (χ1n) is 5.52. The Hall–Kier alpha value is -0.430. The zero-order chi connectivity index (χ0) is 10.2. The summed E-state index contributed by atoms with van der Waals surface area (Å²) in [5.41, 5.74) is 2.94. The number of rotatable bonds is 6. The van der Waals surface area contributed by atoms with Crippen LogP contribution in [0, 0.1) is 0 Å². The number of aryl methyl sites for hydroxylation is 1. The maximum Gasteiger partial charge on any atom is 0.0184 e. The van der Waals surface area contributed by atoms with Gasteiger partial charge in [-0.1, -0.05) is 44.5 Å². The molecule has 1 aromatic rings. The van der Waals surface area contributed by atoms with Crippen LogP contribution in [0.15, 0.2) is 24.3 Å². The van der Waals surface area contributed by atoms with Gasteiger partial charge in [0.15, 0.2) is 0 Å². The number of thioether (sulfide) groups is 1. The van der Waals surface area contributed by atoms with Crippen molar-refractivity contribution in [3.05, 3.63) is 35.4 Å². The average Bonchev–Trinajstić information content (AvgIpc) is 2.25. The van der Waals surface area contributed by atoms with E-state index in [1.54, 1.807) is 0 Å². The van der Waals surface area contributed by atoms with Crippen LogP contribution in [0.3, 0.4) is 0 Å². The lowest BCUT2D eigenvalue weighted by atomic mass is 10.1. The molecule has 0 aliphatic heterocycles. The Bertz CT molecular complexity index is 211. The van der Waals surface area contributed by atoms with Crippen LogP contribution in [0.2, 0.25) is 0 Å². The van der Waals surface area contributed by atoms with Crippen LogP contribution in [-0.4, -0.2) is 5.75 Å². The first kappa shape index (κ1) is 11.6. The zero-order valence-electron chi connectivity index (χ0n) is 9.25. The fraction of sp³-hybridized carbons (Fsp3) is 0.538. The van der Waals surface area contributed by atoms with Gasteiger partial charge in [0.25, 0.3) is 0 Å². The van der Waals surface area contributed by atoms with Crippen LogP contribution < -0.4 is 0 Å². The summed E-state index contributed by atoms with van der Waals surface area (Å²) < 4.78 is 0. The summed E-state index contributed by atoms with van der Waals surface area (Å²) in [5, 5.41) is 0. The predicted molar refractivity (Wildman–Crippen MR) is 66.9 cm³/mol. The van der Waals surface area contributed by atoms with Crippen LogP contribution in [0.4, 0.5) is 0 Å². The second-order valence-corrected chi connectivity index (χ2v) is 4.83. The maximum atomic E-state index is 2.28. The van der Waals surface area contributed by atoms with Crippen molar-refractivity contribution in [2.24, 2.45) is 0 Å². The van der Waals surface area contributed by atoms with Gasteiger partial charge in [-0.05, 0) is 29.7 Å². The van der Waals surface area contributed by atoms with Gasteiger partial charge in [0, 0.05) is 5.75 Å². The van der Waals surface area contributed by atoms with Gasteiger partial charge in [0.05, 0.1) is 0 Å². The van der Waals surface area contributed by atoms with Gasteiger partial charge in [-0.15, -0.1) is 0 Å². The highest BCUT2D eigenvalue weighted by Crippen LogP contribution is 2.13. The minimum Gasteiger partial charge on any atom is -0.157 e. The summed E-state index contributed by atoms with van der Waals surface area (Å²) in [5.74, 6) is 2.36. The highest BCUT2D eigenvalue weighted by Gasteiger charge is 1.94. The number of hydrogen-bond donors (Lipinski definition) is 0. The third-order valence-electron chi connectivity index (χ3n) is 2.31. The topological polar surface area (TPSA) is 0 Å². The fourth-order valence-electron chi connectivity index (χ4n) is 1.40. The van der Waals surface area contributed by atoms with Gasteiger partial charge in [0.2, 0.25) is 0 Å². The molecule has 0 nitrogen and oxygen atoms in total. The molecule has 14 heavy (non-hydrogen) atoms. The molecule has 0 amide bonds. The van der Waals surface area contributed by atoms with Crippen molar-refractivity contribution < 1.29 is 0 Å². The van der Waals surface area contributed by atoms with E-state index in [1.165, 1.54) is 36.1 Å². The molecule has 78 valence electrons. The second-order valence-electron chi connectivity index (χ2n) is 3.56. The highest BCUT2D eigenvalue weighted by atomic mass is 32.2. The normalized spacial score (nSPS) is 10.4. The fourth-order valence-corrected chi connectivity index (χ4v) is 2.04. The summed E-state index contributed by atoms with van der Waals surface area (Å²) in [4.78, 5) is 0. The van der Waals surface area contributed by atoms with Crippen LogP contribution in [0.5, 0.6) is 0 Å². The van der Waals surface area contributed by atoms with Gasteiger partial charge in [-0.2, -0.15) is 11.8 Å². The van der Waals surface area contributed by atoms with Gasteiger partial charge in [0.1, 0.15) is 0 Å². The van der Waals surface area contributed by atoms with Crippen molar-refractivity contribution in [2.45, 2.75) is 38.9 Å². The molecule has 1 heteroatoms. The molecule has 0 bridgehead atoms. The summed E-state index contributed by atoms with van der Waals surface area (Å²) in [7, 11) is 0. The molecule has 0 aliphatic carbocycles. The smallest absolute Gasteiger partial charge is 0.0184 e. The summed E-state index contributed by atoms with van der Waals surface area (Å²) in [6, 6.07) is 9.10. The molecule has 0 saturated carbocycles. The maximum absolute atomic E-state index is 2.28. The molecule has 0 aliphatic rings. The van der Waals surface area contributed by atoms with Crippen LogP contribution in [-0.2, 0) is 12.2 Å². The molecule has 0 atom stereocenters. The molecular weight excluding hydrogens is 188 g/mol. The van der Waals surface area contributed by atoms with Crippen molar-refractivity contribution in [1.29, 1.82) is 0 Å². The number of unbranched alkanes of at least 4 members (excludes halogenated alkanes) is 1. The van der Waals surface area contributed by atoms with Crippen LogP contribution in [0.1, 0.15) is 37.8 Å². The number of benzene rings is 1. The molecule has 1 rings (SSSR count). The lowest BCUT2D eigenvalue weighted by Gasteiger charge is -2.02. The van der Waals surface area contributed by atoms with Crippen molar-refractivity contribution in [3.8, 4) is 0 Å².